The number of benzene rings is 2. The van der Waals surface area contributed by atoms with Crippen LogP contribution in [0.4, 0.5) is 5.69 Å². The Morgan fingerprint density at radius 2 is 1.94 bits per heavy atom. The lowest BCUT2D eigenvalue weighted by molar-refractivity contribution is 0.215. The van der Waals surface area contributed by atoms with Crippen LogP contribution in [0, 0.1) is 0 Å². The maximum absolute atomic E-state index is 3.95. The molecule has 0 radical (unpaired) electrons. The molecule has 3 heterocycles. The quantitative estimate of drug-likeness (QED) is 0.459. The predicted octanol–water partition coefficient (Wildman–Crippen LogP) is 5.59. The number of nitrogens with zero attached hydrogens (tertiary/aromatic N) is 2. The fourth-order valence-corrected chi connectivity index (χ4v) is 5.63. The molecular weight excluding hydrogens is 392 g/mol. The van der Waals surface area contributed by atoms with Gasteiger partial charge in [-0.25, -0.2) is 0 Å². The second-order valence-corrected chi connectivity index (χ2v) is 9.38. The van der Waals surface area contributed by atoms with E-state index < -0.39 is 0 Å². The van der Waals surface area contributed by atoms with Crippen molar-refractivity contribution in [2.24, 2.45) is 0 Å². The normalized spacial score (nSPS) is 21.7. The van der Waals surface area contributed by atoms with Crippen LogP contribution in [0.5, 0.6) is 0 Å². The van der Waals surface area contributed by atoms with E-state index in [0.717, 1.165) is 32.5 Å². The third-order valence-corrected chi connectivity index (χ3v) is 7.16. The molecule has 2 aromatic carbocycles. The summed E-state index contributed by atoms with van der Waals surface area (Å²) in [7, 11) is 0. The number of anilines is 1. The van der Waals surface area contributed by atoms with Gasteiger partial charge in [-0.1, -0.05) is 43.3 Å². The minimum Gasteiger partial charge on any atom is -0.381 e. The number of likely N-dealkylation sites (tertiary alicyclic amines) is 1. The van der Waals surface area contributed by atoms with Crippen molar-refractivity contribution in [2.45, 2.75) is 44.7 Å². The molecule has 168 valence electrons. The smallest absolute Gasteiger partial charge is 0.0757 e. The van der Waals surface area contributed by atoms with Crippen molar-refractivity contribution >= 4 is 16.6 Å². The Morgan fingerprint density at radius 3 is 2.75 bits per heavy atom. The Morgan fingerprint density at radius 1 is 1.09 bits per heavy atom. The van der Waals surface area contributed by atoms with Crippen LogP contribution in [0.15, 0.2) is 61.2 Å². The molecule has 0 unspecified atom stereocenters. The van der Waals surface area contributed by atoms with Crippen LogP contribution >= 0.6 is 0 Å². The van der Waals surface area contributed by atoms with Crippen LogP contribution < -0.4 is 5.32 Å². The zero-order chi connectivity index (χ0) is 21.9. The molecule has 0 bridgehead atoms. The van der Waals surface area contributed by atoms with E-state index in [9.17, 15) is 0 Å². The summed E-state index contributed by atoms with van der Waals surface area (Å²) in [6, 6.07) is 18.8. The van der Waals surface area contributed by atoms with Gasteiger partial charge in [0.2, 0.25) is 0 Å². The van der Waals surface area contributed by atoms with Crippen molar-refractivity contribution in [1.29, 1.82) is 0 Å². The average Bonchev–Trinajstić information content (AvgIpc) is 3.42. The molecule has 3 aromatic rings. The molecule has 2 N–H and O–H groups in total. The largest absolute Gasteiger partial charge is 0.381 e. The van der Waals surface area contributed by atoms with Gasteiger partial charge in [0, 0.05) is 54.5 Å². The Balaban J connectivity index is 1.39. The molecule has 0 aliphatic carbocycles. The Kier molecular flexibility index (Phi) is 6.33. The first-order valence-electron chi connectivity index (χ1n) is 12.3. The lowest BCUT2D eigenvalue weighted by Gasteiger charge is -2.36. The van der Waals surface area contributed by atoms with E-state index >= 15 is 0 Å². The van der Waals surface area contributed by atoms with Crippen molar-refractivity contribution < 1.29 is 0 Å². The number of para-hydroxylation sites is 1. The monoisotopic (exact) mass is 428 g/mol. The van der Waals surface area contributed by atoms with Gasteiger partial charge in [-0.3, -0.25) is 4.90 Å². The molecule has 1 fully saturated rings. The van der Waals surface area contributed by atoms with Crippen LogP contribution in [-0.2, 0) is 6.42 Å². The standard InChI is InChI=1S/C28H36N4/c1-3-5-17-32-19-15-25-24-8-6-7-9-26(24)30-27(25)28(32)21-10-12-22(13-11-21)29-23-14-18-31(20-23)16-4-2/h3,6-13,23,28-30H,1,4-5,14-20H2,2H3/t23-,28+/m0/s1. The van der Waals surface area contributed by atoms with Crippen LogP contribution in [0.2, 0.25) is 0 Å². The zero-order valence-corrected chi connectivity index (χ0v) is 19.3. The predicted molar refractivity (Wildman–Crippen MR) is 135 cm³/mol. The summed E-state index contributed by atoms with van der Waals surface area (Å²) in [6.45, 7) is 11.9. The molecule has 0 spiro atoms. The van der Waals surface area contributed by atoms with Gasteiger partial charge < -0.3 is 15.2 Å². The molecule has 1 saturated heterocycles. The number of aromatic nitrogens is 1. The molecule has 2 aliphatic heterocycles. The van der Waals surface area contributed by atoms with Crippen molar-refractivity contribution in [3.8, 4) is 0 Å². The van der Waals surface area contributed by atoms with E-state index in [1.54, 1.807) is 0 Å². The molecule has 4 heteroatoms. The van der Waals surface area contributed by atoms with E-state index in [4.69, 9.17) is 0 Å². The number of rotatable bonds is 8. The van der Waals surface area contributed by atoms with Gasteiger partial charge in [0.1, 0.15) is 0 Å². The summed E-state index contributed by atoms with van der Waals surface area (Å²) in [6.07, 6.45) is 6.62. The first kappa shape index (κ1) is 21.3. The van der Waals surface area contributed by atoms with E-state index in [-0.39, 0.29) is 6.04 Å². The van der Waals surface area contributed by atoms with Gasteiger partial charge in [0.05, 0.1) is 6.04 Å². The summed E-state index contributed by atoms with van der Waals surface area (Å²) in [5.74, 6) is 0. The SMILES string of the molecule is C=CCCN1CCc2c([nH]c3ccccc23)[C@H]1c1ccc(N[C@H]2CCN(CCC)C2)cc1. The fraction of sp³-hybridized carbons (Fsp3) is 0.429. The molecule has 2 atom stereocenters. The van der Waals surface area contributed by atoms with Crippen molar-refractivity contribution in [3.05, 3.63) is 78.0 Å². The van der Waals surface area contributed by atoms with E-state index in [2.05, 4.69) is 82.1 Å². The second-order valence-electron chi connectivity index (χ2n) is 9.38. The van der Waals surface area contributed by atoms with Gasteiger partial charge in [-0.2, -0.15) is 0 Å². The molecule has 1 aromatic heterocycles. The zero-order valence-electron chi connectivity index (χ0n) is 19.3. The molecule has 4 nitrogen and oxygen atoms in total. The van der Waals surface area contributed by atoms with Crippen LogP contribution in [0.25, 0.3) is 10.9 Å². The number of hydrogen-bond donors (Lipinski definition) is 2. The van der Waals surface area contributed by atoms with Crippen molar-refractivity contribution in [3.63, 3.8) is 0 Å². The Labute approximate surface area is 192 Å². The highest BCUT2D eigenvalue weighted by Crippen LogP contribution is 2.38. The number of hydrogen-bond acceptors (Lipinski definition) is 3. The first-order chi connectivity index (χ1) is 15.8. The average molecular weight is 429 g/mol. The summed E-state index contributed by atoms with van der Waals surface area (Å²) < 4.78 is 0. The number of H-pyrrole nitrogens is 1. The lowest BCUT2D eigenvalue weighted by atomic mass is 9.92. The summed E-state index contributed by atoms with van der Waals surface area (Å²) in [4.78, 5) is 8.96. The third kappa shape index (κ3) is 4.22. The maximum atomic E-state index is 3.95. The molecule has 5 rings (SSSR count). The highest BCUT2D eigenvalue weighted by molar-refractivity contribution is 5.85. The second kappa shape index (κ2) is 9.51. The molecule has 0 saturated carbocycles. The topological polar surface area (TPSA) is 34.3 Å². The third-order valence-electron chi connectivity index (χ3n) is 7.16. The minimum absolute atomic E-state index is 0.270. The van der Waals surface area contributed by atoms with E-state index in [1.807, 2.05) is 6.08 Å². The van der Waals surface area contributed by atoms with Gasteiger partial charge in [-0.05, 0) is 61.6 Å². The minimum atomic E-state index is 0.270. The highest BCUT2D eigenvalue weighted by atomic mass is 15.2. The molecule has 32 heavy (non-hydrogen) atoms. The maximum Gasteiger partial charge on any atom is 0.0757 e. The van der Waals surface area contributed by atoms with Gasteiger partial charge in [0.15, 0.2) is 0 Å². The number of nitrogens with one attached hydrogen (secondary N) is 2. The summed E-state index contributed by atoms with van der Waals surface area (Å²) in [5, 5.41) is 5.15. The van der Waals surface area contributed by atoms with Crippen LogP contribution in [-0.4, -0.2) is 53.5 Å². The Hall–Kier alpha value is -2.56. The van der Waals surface area contributed by atoms with Gasteiger partial charge in [-0.15, -0.1) is 6.58 Å². The first-order valence-corrected chi connectivity index (χ1v) is 12.3. The summed E-state index contributed by atoms with van der Waals surface area (Å²) >= 11 is 0. The van der Waals surface area contributed by atoms with Gasteiger partial charge >= 0.3 is 0 Å². The van der Waals surface area contributed by atoms with Crippen molar-refractivity contribution in [1.82, 2.24) is 14.8 Å². The molecular formula is C28H36N4. The lowest BCUT2D eigenvalue weighted by Crippen LogP contribution is -2.36. The molecule has 0 amide bonds. The van der Waals surface area contributed by atoms with Crippen molar-refractivity contribution in [2.75, 3.05) is 38.0 Å². The number of fused-ring (bicyclic) bond motifs is 3. The molecule has 2 aliphatic rings. The Bertz CT molecular complexity index is 1050. The highest BCUT2D eigenvalue weighted by Gasteiger charge is 2.31. The summed E-state index contributed by atoms with van der Waals surface area (Å²) in [5.41, 5.74) is 6.72. The van der Waals surface area contributed by atoms with Crippen LogP contribution in [0.3, 0.4) is 0 Å². The fourth-order valence-electron chi connectivity index (χ4n) is 5.63. The van der Waals surface area contributed by atoms with E-state index in [1.165, 1.54) is 59.3 Å². The van der Waals surface area contributed by atoms with Crippen LogP contribution in [0.1, 0.15) is 49.0 Å². The van der Waals surface area contributed by atoms with Gasteiger partial charge in [0.25, 0.3) is 0 Å². The number of aromatic amines is 1. The van der Waals surface area contributed by atoms with E-state index in [0.29, 0.717) is 6.04 Å².